The van der Waals surface area contributed by atoms with Gasteiger partial charge in [-0.1, -0.05) is 35.5 Å². The Morgan fingerprint density at radius 3 is 2.62 bits per heavy atom. The van der Waals surface area contributed by atoms with Crippen molar-refractivity contribution in [3.8, 4) is 11.5 Å². The van der Waals surface area contributed by atoms with E-state index >= 15 is 0 Å². The van der Waals surface area contributed by atoms with E-state index in [4.69, 9.17) is 9.47 Å². The molecule has 0 radical (unpaired) electrons. The smallest absolute Gasteiger partial charge is 0.252 e. The molecule has 2 aliphatic heterocycles. The average Bonchev–Trinajstić information content (AvgIpc) is 3.52. The first-order valence-electron chi connectivity index (χ1n) is 15.3. The van der Waals surface area contributed by atoms with Gasteiger partial charge in [-0.25, -0.2) is 4.68 Å². The van der Waals surface area contributed by atoms with Crippen LogP contribution in [0.2, 0.25) is 0 Å². The van der Waals surface area contributed by atoms with Crippen LogP contribution in [0.3, 0.4) is 0 Å². The van der Waals surface area contributed by atoms with Crippen LogP contribution in [0.15, 0.2) is 54.7 Å². The number of carbonyl (C=O) groups is 4. The van der Waals surface area contributed by atoms with Crippen LogP contribution in [0.5, 0.6) is 11.5 Å². The lowest BCUT2D eigenvalue weighted by Gasteiger charge is -2.26. The van der Waals surface area contributed by atoms with Gasteiger partial charge in [0.15, 0.2) is 11.5 Å². The Kier molecular flexibility index (Phi) is 13.0. The number of nitrogens with zero attached hydrogens (tertiary/aromatic N) is 4. The van der Waals surface area contributed by atoms with E-state index in [-0.39, 0.29) is 43.3 Å². The number of aliphatic hydroxyl groups is 1. The Hall–Kier alpha value is -4.63. The molecule has 0 saturated heterocycles. The quantitative estimate of drug-likeness (QED) is 0.270. The highest BCUT2D eigenvalue weighted by Gasteiger charge is 2.30. The van der Waals surface area contributed by atoms with Crippen LogP contribution in [0, 0.1) is 0 Å². The lowest BCUT2D eigenvalue weighted by Crippen LogP contribution is -2.58. The number of amides is 4. The van der Waals surface area contributed by atoms with Gasteiger partial charge in [0, 0.05) is 44.2 Å². The summed E-state index contributed by atoms with van der Waals surface area (Å²) >= 11 is 1.39. The van der Waals surface area contributed by atoms with Gasteiger partial charge in [0.2, 0.25) is 17.7 Å². The van der Waals surface area contributed by atoms with Crippen molar-refractivity contribution >= 4 is 35.4 Å². The van der Waals surface area contributed by atoms with E-state index in [0.717, 1.165) is 5.56 Å². The molecule has 47 heavy (non-hydrogen) atoms. The number of aliphatic hydroxyl groups excluding tert-OH is 1. The lowest BCUT2D eigenvalue weighted by atomic mass is 10.0. The molecule has 3 heterocycles. The first kappa shape index (κ1) is 35.2. The predicted molar refractivity (Wildman–Crippen MR) is 175 cm³/mol. The van der Waals surface area contributed by atoms with Crippen LogP contribution in [0.1, 0.15) is 28.5 Å². The number of aromatic nitrogens is 3. The van der Waals surface area contributed by atoms with Crippen LogP contribution < -0.4 is 25.4 Å². The second-order valence-corrected chi connectivity index (χ2v) is 11.9. The van der Waals surface area contributed by atoms with Gasteiger partial charge >= 0.3 is 0 Å². The fourth-order valence-electron chi connectivity index (χ4n) is 4.95. The number of hydrogen-bond acceptors (Lipinski definition) is 10. The Morgan fingerprint density at radius 1 is 1.11 bits per heavy atom. The van der Waals surface area contributed by atoms with E-state index < -0.39 is 35.9 Å². The molecule has 14 nitrogen and oxygen atoms in total. The van der Waals surface area contributed by atoms with E-state index in [1.54, 1.807) is 27.9 Å². The van der Waals surface area contributed by atoms with Gasteiger partial charge in [-0.3, -0.25) is 19.2 Å². The second kappa shape index (κ2) is 17.3. The molecule has 1 aromatic heterocycles. The predicted octanol–water partition coefficient (Wildman–Crippen LogP) is 0.436. The van der Waals surface area contributed by atoms with Crippen LogP contribution in [-0.2, 0) is 33.8 Å². The highest BCUT2D eigenvalue weighted by Crippen LogP contribution is 2.28. The maximum atomic E-state index is 13.6. The summed E-state index contributed by atoms with van der Waals surface area (Å²) < 4.78 is 13.0. The molecular formula is C32H41N7O7S. The molecule has 2 aliphatic rings. The fourth-order valence-corrected chi connectivity index (χ4v) is 5.38. The summed E-state index contributed by atoms with van der Waals surface area (Å²) in [5.41, 5.74) is 1.69. The first-order chi connectivity index (χ1) is 22.7. The molecule has 252 valence electrons. The number of thioether (sulfide) groups is 1. The number of rotatable bonds is 6. The van der Waals surface area contributed by atoms with Crippen LogP contribution in [0.25, 0.3) is 0 Å². The summed E-state index contributed by atoms with van der Waals surface area (Å²) in [6, 6.07) is 11.4. The molecular weight excluding hydrogens is 626 g/mol. The van der Waals surface area contributed by atoms with Crippen LogP contribution in [0.4, 0.5) is 0 Å². The zero-order valence-corrected chi connectivity index (χ0v) is 27.5. The minimum Gasteiger partial charge on any atom is -0.493 e. The number of methoxy groups -OCH3 is 1. The Bertz CT molecular complexity index is 1520. The van der Waals surface area contributed by atoms with Crippen molar-refractivity contribution in [1.29, 1.82) is 0 Å². The molecule has 4 N–H and O–H groups in total. The lowest BCUT2D eigenvalue weighted by molar-refractivity contribution is -0.132. The van der Waals surface area contributed by atoms with Crippen molar-refractivity contribution in [2.75, 3.05) is 45.4 Å². The molecule has 5 rings (SSSR count). The monoisotopic (exact) mass is 667 g/mol. The third kappa shape index (κ3) is 10.2. The molecule has 0 aliphatic carbocycles. The zero-order valence-electron chi connectivity index (χ0n) is 26.7. The molecule has 0 fully saturated rings. The van der Waals surface area contributed by atoms with Crippen molar-refractivity contribution in [2.45, 2.75) is 44.5 Å². The first-order valence-corrected chi connectivity index (χ1v) is 16.6. The second-order valence-electron chi connectivity index (χ2n) is 11.0. The van der Waals surface area contributed by atoms with Crippen molar-refractivity contribution in [2.24, 2.45) is 0 Å². The van der Waals surface area contributed by atoms with Gasteiger partial charge < -0.3 is 35.4 Å². The number of ether oxygens (including phenoxy) is 2. The molecule has 0 spiro atoms. The summed E-state index contributed by atoms with van der Waals surface area (Å²) in [4.78, 5) is 54.7. The van der Waals surface area contributed by atoms with Gasteiger partial charge in [0.05, 0.1) is 31.2 Å². The Labute approximate surface area is 277 Å². The van der Waals surface area contributed by atoms with Gasteiger partial charge in [0.25, 0.3) is 5.91 Å². The molecule has 0 saturated carbocycles. The van der Waals surface area contributed by atoms with Gasteiger partial charge in [0.1, 0.15) is 18.7 Å². The topological polar surface area (TPSA) is 177 Å². The summed E-state index contributed by atoms with van der Waals surface area (Å²) in [5, 5.41) is 27.0. The normalized spacial score (nSPS) is 19.1. The van der Waals surface area contributed by atoms with E-state index in [9.17, 15) is 24.3 Å². The third-order valence-corrected chi connectivity index (χ3v) is 8.03. The highest BCUT2D eigenvalue weighted by atomic mass is 32.2. The largest absolute Gasteiger partial charge is 0.493 e. The molecule has 3 aromatic rings. The van der Waals surface area contributed by atoms with E-state index in [2.05, 4.69) is 26.3 Å². The van der Waals surface area contributed by atoms with E-state index in [0.29, 0.717) is 36.7 Å². The Balaban J connectivity index is 1.62. The number of nitrogens with one attached hydrogen (secondary N) is 3. The van der Waals surface area contributed by atoms with Crippen LogP contribution >= 0.6 is 11.8 Å². The Morgan fingerprint density at radius 2 is 1.89 bits per heavy atom. The highest BCUT2D eigenvalue weighted by molar-refractivity contribution is 7.99. The van der Waals surface area contributed by atoms with Crippen molar-refractivity contribution < 1.29 is 33.8 Å². The summed E-state index contributed by atoms with van der Waals surface area (Å²) in [6.07, 6.45) is 2.93. The molecule has 2 aromatic carbocycles. The molecule has 15 heteroatoms. The van der Waals surface area contributed by atoms with Crippen molar-refractivity contribution in [3.63, 3.8) is 0 Å². The van der Waals surface area contributed by atoms with Gasteiger partial charge in [-0.05, 0) is 36.9 Å². The number of hydrogen-bond donors (Lipinski definition) is 4. The fraction of sp³-hybridized carbons (Fsp3) is 0.438. The average molecular weight is 668 g/mol. The molecule has 4 bridgehead atoms. The summed E-state index contributed by atoms with van der Waals surface area (Å²) in [6.45, 7) is 2.67. The van der Waals surface area contributed by atoms with Crippen molar-refractivity contribution in [1.82, 2.24) is 35.8 Å². The van der Waals surface area contributed by atoms with E-state index in [1.807, 2.05) is 36.6 Å². The minimum absolute atomic E-state index is 0.0872. The summed E-state index contributed by atoms with van der Waals surface area (Å²) in [5.74, 6) is -0.932. The van der Waals surface area contributed by atoms with Gasteiger partial charge in [-0.15, -0.1) is 5.10 Å². The van der Waals surface area contributed by atoms with Crippen LogP contribution in [-0.4, -0.2) is 112 Å². The molecule has 0 unspecified atom stereocenters. The molecule has 4 amide bonds. The van der Waals surface area contributed by atoms with Gasteiger partial charge in [-0.2, -0.15) is 11.8 Å². The summed E-state index contributed by atoms with van der Waals surface area (Å²) in [7, 11) is 1.46. The van der Waals surface area contributed by atoms with Crippen molar-refractivity contribution in [3.05, 3.63) is 71.5 Å². The standard InChI is InChI=1S/C32H41N7O7S/c1-21(40)29-32(44)33-12-14-38(28(41)20-47-3)13-11-24-19-39(37-36-24)15-16-46-26-10-9-23(18-27(26)45-2)30(42)34-25(31(43)35-29)17-22-7-5-4-6-8-22/h4-10,18-19,21,25,29,40H,11-17,20H2,1-3H3,(H,33,44)(H,34,42)(H,35,43)/t21-,25-,29+/m1/s1. The zero-order chi connectivity index (χ0) is 33.8. The maximum Gasteiger partial charge on any atom is 0.252 e. The van der Waals surface area contributed by atoms with E-state index in [1.165, 1.54) is 31.9 Å². The third-order valence-electron chi connectivity index (χ3n) is 7.50. The minimum atomic E-state index is -1.32. The number of carbonyl (C=O) groups excluding carboxylic acids is 4. The number of fused-ring (bicyclic) bond motifs is 16. The molecule has 3 atom stereocenters. The SMILES string of the molecule is COc1cc2ccc1OCCn1cc(nn1)CCN(C(=O)CSC)CCNC(=O)[C@H]([C@@H](C)O)NC(=O)[C@@H](Cc1ccccc1)NC2=O. The maximum absolute atomic E-state index is 13.6. The number of benzene rings is 2.